The number of carbonyl (C=O) groups is 2. The molecule has 2 aliphatic rings. The van der Waals surface area contributed by atoms with Gasteiger partial charge in [-0.1, -0.05) is 6.07 Å². The molecule has 2 amide bonds. The molecule has 2 fully saturated rings. The van der Waals surface area contributed by atoms with E-state index in [1.165, 1.54) is 0 Å². The Balaban J connectivity index is 1.32. The third kappa shape index (κ3) is 5.60. The fourth-order valence-electron chi connectivity index (χ4n) is 3.24. The molecule has 0 radical (unpaired) electrons. The smallest absolute Gasteiger partial charge is 0.224 e. The molecule has 1 atom stereocenters. The lowest BCUT2D eigenvalue weighted by atomic mass is 10.2. The number of aromatic nitrogens is 1. The van der Waals surface area contributed by atoms with Gasteiger partial charge in [0.1, 0.15) is 5.82 Å². The first-order chi connectivity index (χ1) is 12.7. The van der Waals surface area contributed by atoms with Crippen molar-refractivity contribution in [2.24, 2.45) is 0 Å². The Bertz CT molecular complexity index is 587. The maximum Gasteiger partial charge on any atom is 0.224 e. The molecule has 1 aromatic heterocycles. The Morgan fingerprint density at radius 3 is 2.81 bits per heavy atom. The van der Waals surface area contributed by atoms with E-state index in [1.54, 1.807) is 6.20 Å². The summed E-state index contributed by atoms with van der Waals surface area (Å²) in [6.07, 6.45) is 2.64. The number of anilines is 1. The second kappa shape index (κ2) is 9.78. The Hall–Kier alpha value is -1.80. The highest BCUT2D eigenvalue weighted by Gasteiger charge is 2.22. The average molecular weight is 378 g/mol. The number of nitrogens with one attached hydrogen (secondary N) is 2. The van der Waals surface area contributed by atoms with Crippen molar-refractivity contribution in [2.45, 2.75) is 18.9 Å². The predicted octanol–water partition coefficient (Wildman–Crippen LogP) is 0.332. The van der Waals surface area contributed by atoms with Crippen LogP contribution in [0.5, 0.6) is 0 Å². The van der Waals surface area contributed by atoms with Gasteiger partial charge in [-0.15, -0.1) is 0 Å². The lowest BCUT2D eigenvalue weighted by molar-refractivity contribution is -0.131. The molecule has 0 saturated carbocycles. The Labute approximate surface area is 158 Å². The van der Waals surface area contributed by atoms with Crippen molar-refractivity contribution in [3.63, 3.8) is 0 Å². The van der Waals surface area contributed by atoms with E-state index < -0.39 is 0 Å². The molecular weight excluding hydrogens is 350 g/mol. The van der Waals surface area contributed by atoms with Crippen LogP contribution in [0.3, 0.4) is 0 Å². The lowest BCUT2D eigenvalue weighted by Crippen LogP contribution is -2.49. The summed E-state index contributed by atoms with van der Waals surface area (Å²) in [6.45, 7) is 4.36. The van der Waals surface area contributed by atoms with Gasteiger partial charge in [-0.3, -0.25) is 9.59 Å². The molecule has 1 aromatic rings. The van der Waals surface area contributed by atoms with Crippen LogP contribution in [-0.4, -0.2) is 78.5 Å². The summed E-state index contributed by atoms with van der Waals surface area (Å²) in [5.41, 5.74) is 0. The van der Waals surface area contributed by atoms with Gasteiger partial charge in [-0.25, -0.2) is 4.98 Å². The minimum atomic E-state index is 0.0257. The van der Waals surface area contributed by atoms with Gasteiger partial charge >= 0.3 is 0 Å². The molecule has 2 N–H and O–H groups in total. The van der Waals surface area contributed by atoms with Crippen LogP contribution in [0, 0.1) is 0 Å². The zero-order valence-electron chi connectivity index (χ0n) is 15.0. The molecule has 0 aromatic carbocycles. The SMILES string of the molecule is O=C(CC1CSCCN1)NCCC(=O)N1CCN(c2ccccn2)CC1. The van der Waals surface area contributed by atoms with Crippen LogP contribution in [-0.2, 0) is 9.59 Å². The van der Waals surface area contributed by atoms with Crippen molar-refractivity contribution < 1.29 is 9.59 Å². The summed E-state index contributed by atoms with van der Waals surface area (Å²) in [5, 5.41) is 6.23. The summed E-state index contributed by atoms with van der Waals surface area (Å²) in [4.78, 5) is 32.7. The van der Waals surface area contributed by atoms with Crippen LogP contribution in [0.1, 0.15) is 12.8 Å². The monoisotopic (exact) mass is 377 g/mol. The molecule has 8 heteroatoms. The van der Waals surface area contributed by atoms with Gasteiger partial charge in [0.05, 0.1) is 0 Å². The van der Waals surface area contributed by atoms with Crippen molar-refractivity contribution in [1.82, 2.24) is 20.5 Å². The molecule has 2 aliphatic heterocycles. The molecule has 7 nitrogen and oxygen atoms in total. The lowest BCUT2D eigenvalue weighted by Gasteiger charge is -2.35. The van der Waals surface area contributed by atoms with E-state index in [0.717, 1.165) is 37.0 Å². The second-order valence-corrected chi connectivity index (χ2v) is 7.74. The maximum absolute atomic E-state index is 12.3. The molecule has 0 spiro atoms. The van der Waals surface area contributed by atoms with Crippen molar-refractivity contribution in [1.29, 1.82) is 0 Å². The van der Waals surface area contributed by atoms with Crippen LogP contribution in [0.2, 0.25) is 0 Å². The Kier molecular flexibility index (Phi) is 7.13. The molecule has 3 heterocycles. The van der Waals surface area contributed by atoms with E-state index in [9.17, 15) is 9.59 Å². The standard InChI is InChI=1S/C18H27N5O2S/c24-17(13-15-14-26-12-7-19-15)21-6-4-18(25)23-10-8-22(9-11-23)16-3-1-2-5-20-16/h1-3,5,15,19H,4,6-14H2,(H,21,24). The van der Waals surface area contributed by atoms with Gasteiger partial charge in [0.2, 0.25) is 11.8 Å². The summed E-state index contributed by atoms with van der Waals surface area (Å²) >= 11 is 1.88. The van der Waals surface area contributed by atoms with Crippen molar-refractivity contribution in [3.05, 3.63) is 24.4 Å². The van der Waals surface area contributed by atoms with E-state index in [4.69, 9.17) is 0 Å². The molecule has 26 heavy (non-hydrogen) atoms. The zero-order chi connectivity index (χ0) is 18.2. The van der Waals surface area contributed by atoms with Crippen LogP contribution >= 0.6 is 11.8 Å². The second-order valence-electron chi connectivity index (χ2n) is 6.59. The highest BCUT2D eigenvalue weighted by Crippen LogP contribution is 2.13. The fourth-order valence-corrected chi connectivity index (χ4v) is 4.19. The number of amides is 2. The minimum Gasteiger partial charge on any atom is -0.356 e. The van der Waals surface area contributed by atoms with Crippen LogP contribution < -0.4 is 15.5 Å². The van der Waals surface area contributed by atoms with Gasteiger partial charge in [0.25, 0.3) is 0 Å². The van der Waals surface area contributed by atoms with Gasteiger partial charge in [0.15, 0.2) is 0 Å². The number of carbonyl (C=O) groups excluding carboxylic acids is 2. The van der Waals surface area contributed by atoms with E-state index in [-0.39, 0.29) is 17.9 Å². The number of pyridine rings is 1. The predicted molar refractivity (Wildman–Crippen MR) is 104 cm³/mol. The van der Waals surface area contributed by atoms with Gasteiger partial charge in [-0.05, 0) is 12.1 Å². The maximum atomic E-state index is 12.3. The molecular formula is C18H27N5O2S. The number of hydrogen-bond acceptors (Lipinski definition) is 6. The van der Waals surface area contributed by atoms with Gasteiger partial charge < -0.3 is 20.4 Å². The topological polar surface area (TPSA) is 77.6 Å². The summed E-state index contributed by atoms with van der Waals surface area (Å²) < 4.78 is 0. The number of rotatable bonds is 6. The number of thioether (sulfide) groups is 1. The van der Waals surface area contributed by atoms with Crippen LogP contribution in [0.4, 0.5) is 5.82 Å². The van der Waals surface area contributed by atoms with Crippen molar-refractivity contribution in [2.75, 3.05) is 55.7 Å². The quantitative estimate of drug-likeness (QED) is 0.744. The molecule has 1 unspecified atom stereocenters. The summed E-state index contributed by atoms with van der Waals surface area (Å²) in [6, 6.07) is 6.13. The van der Waals surface area contributed by atoms with Crippen LogP contribution in [0.25, 0.3) is 0 Å². The highest BCUT2D eigenvalue weighted by molar-refractivity contribution is 7.99. The third-order valence-corrected chi connectivity index (χ3v) is 5.83. The first-order valence-electron chi connectivity index (χ1n) is 9.24. The average Bonchev–Trinajstić information content (AvgIpc) is 2.69. The number of piperazine rings is 1. The molecule has 2 saturated heterocycles. The normalized spacial score (nSPS) is 20.7. The van der Waals surface area contributed by atoms with E-state index >= 15 is 0 Å². The number of hydrogen-bond donors (Lipinski definition) is 2. The largest absolute Gasteiger partial charge is 0.356 e. The summed E-state index contributed by atoms with van der Waals surface area (Å²) in [5.74, 6) is 3.18. The fraction of sp³-hybridized carbons (Fsp3) is 0.611. The summed E-state index contributed by atoms with van der Waals surface area (Å²) in [7, 11) is 0. The highest BCUT2D eigenvalue weighted by atomic mass is 32.2. The zero-order valence-corrected chi connectivity index (χ0v) is 15.8. The molecule has 0 bridgehead atoms. The molecule has 0 aliphatic carbocycles. The molecule has 3 rings (SSSR count). The molecule has 142 valence electrons. The van der Waals surface area contributed by atoms with Gasteiger partial charge in [0, 0.05) is 75.9 Å². The van der Waals surface area contributed by atoms with E-state index in [2.05, 4.69) is 20.5 Å². The number of nitrogens with zero attached hydrogens (tertiary/aromatic N) is 3. The van der Waals surface area contributed by atoms with E-state index in [0.29, 0.717) is 32.5 Å². The third-order valence-electron chi connectivity index (χ3n) is 4.70. The van der Waals surface area contributed by atoms with Crippen molar-refractivity contribution in [3.8, 4) is 0 Å². The first-order valence-corrected chi connectivity index (χ1v) is 10.4. The van der Waals surface area contributed by atoms with Crippen LogP contribution in [0.15, 0.2) is 24.4 Å². The van der Waals surface area contributed by atoms with E-state index in [1.807, 2.05) is 34.9 Å². The Morgan fingerprint density at radius 2 is 2.12 bits per heavy atom. The van der Waals surface area contributed by atoms with Gasteiger partial charge in [-0.2, -0.15) is 11.8 Å². The Morgan fingerprint density at radius 1 is 1.27 bits per heavy atom. The first kappa shape index (κ1) is 19.0. The van der Waals surface area contributed by atoms with Crippen molar-refractivity contribution >= 4 is 29.4 Å². The minimum absolute atomic E-state index is 0.0257.